The Morgan fingerprint density at radius 3 is 2.08 bits per heavy atom. The SMILES string of the molecule is Cc1cc([N+](=O)[O-])cc(C)c1[NH]. The fourth-order valence-corrected chi connectivity index (χ4v) is 1.05. The van der Waals surface area contributed by atoms with E-state index >= 15 is 0 Å². The summed E-state index contributed by atoms with van der Waals surface area (Å²) >= 11 is 0. The first kappa shape index (κ1) is 8.52. The lowest BCUT2D eigenvalue weighted by molar-refractivity contribution is -0.384. The van der Waals surface area contributed by atoms with Gasteiger partial charge in [-0.1, -0.05) is 0 Å². The minimum atomic E-state index is -0.445. The number of nitro groups is 1. The topological polar surface area (TPSA) is 66.9 Å². The van der Waals surface area contributed by atoms with Gasteiger partial charge in [0, 0.05) is 12.1 Å². The van der Waals surface area contributed by atoms with Gasteiger partial charge in [0.2, 0.25) is 0 Å². The summed E-state index contributed by atoms with van der Waals surface area (Å²) in [6.45, 7) is 3.39. The van der Waals surface area contributed by atoms with Crippen LogP contribution >= 0.6 is 0 Å². The van der Waals surface area contributed by atoms with Crippen LogP contribution in [0, 0.1) is 24.0 Å². The van der Waals surface area contributed by atoms with Gasteiger partial charge in [-0.25, -0.2) is 0 Å². The summed E-state index contributed by atoms with van der Waals surface area (Å²) in [6.07, 6.45) is 0. The Hall–Kier alpha value is -1.58. The van der Waals surface area contributed by atoms with Crippen LogP contribution in [0.3, 0.4) is 0 Å². The second-order valence-electron chi connectivity index (χ2n) is 2.71. The Balaban J connectivity index is 3.31. The first-order chi connectivity index (χ1) is 5.52. The highest BCUT2D eigenvalue weighted by molar-refractivity contribution is 5.55. The third kappa shape index (κ3) is 1.37. The monoisotopic (exact) mass is 165 g/mol. The zero-order valence-electron chi connectivity index (χ0n) is 6.92. The molecule has 1 radical (unpaired) electrons. The maximum Gasteiger partial charge on any atom is 0.270 e. The summed E-state index contributed by atoms with van der Waals surface area (Å²) in [4.78, 5) is 9.92. The van der Waals surface area contributed by atoms with Crippen LogP contribution in [0.15, 0.2) is 12.1 Å². The number of benzene rings is 1. The van der Waals surface area contributed by atoms with E-state index in [2.05, 4.69) is 0 Å². The van der Waals surface area contributed by atoms with Gasteiger partial charge in [-0.3, -0.25) is 10.1 Å². The van der Waals surface area contributed by atoms with Crippen molar-refractivity contribution >= 4 is 11.4 Å². The molecule has 0 unspecified atom stereocenters. The van der Waals surface area contributed by atoms with Crippen molar-refractivity contribution in [2.45, 2.75) is 13.8 Å². The van der Waals surface area contributed by atoms with Gasteiger partial charge in [0.05, 0.1) is 10.6 Å². The van der Waals surface area contributed by atoms with Crippen LogP contribution in [0.25, 0.3) is 0 Å². The number of hydrogen-bond donors (Lipinski definition) is 0. The predicted octanol–water partition coefficient (Wildman–Crippen LogP) is 2.13. The van der Waals surface area contributed by atoms with Crippen LogP contribution in [-0.4, -0.2) is 4.92 Å². The van der Waals surface area contributed by atoms with Crippen LogP contribution in [0.4, 0.5) is 11.4 Å². The average molecular weight is 165 g/mol. The molecule has 1 N–H and O–H groups in total. The van der Waals surface area contributed by atoms with Crippen molar-refractivity contribution in [3.63, 3.8) is 0 Å². The second-order valence-corrected chi connectivity index (χ2v) is 2.71. The molecule has 0 aromatic heterocycles. The lowest BCUT2D eigenvalue weighted by Gasteiger charge is -2.01. The molecular weight excluding hydrogens is 156 g/mol. The molecule has 0 bridgehead atoms. The Morgan fingerprint density at radius 2 is 1.75 bits per heavy atom. The van der Waals surface area contributed by atoms with Crippen molar-refractivity contribution in [2.75, 3.05) is 0 Å². The normalized spacial score (nSPS) is 9.83. The van der Waals surface area contributed by atoms with E-state index in [1.54, 1.807) is 13.8 Å². The molecule has 63 valence electrons. The van der Waals surface area contributed by atoms with E-state index in [9.17, 15) is 10.1 Å². The van der Waals surface area contributed by atoms with E-state index < -0.39 is 4.92 Å². The van der Waals surface area contributed by atoms with Gasteiger partial charge in [-0.05, 0) is 25.0 Å². The van der Waals surface area contributed by atoms with Crippen molar-refractivity contribution < 1.29 is 4.92 Å². The molecule has 0 spiro atoms. The predicted molar refractivity (Wildman–Crippen MR) is 45.3 cm³/mol. The molecule has 4 nitrogen and oxygen atoms in total. The van der Waals surface area contributed by atoms with Crippen LogP contribution in [0.1, 0.15) is 11.1 Å². The van der Waals surface area contributed by atoms with Crippen LogP contribution in [-0.2, 0) is 0 Å². The van der Waals surface area contributed by atoms with Gasteiger partial charge in [-0.2, -0.15) is 0 Å². The molecule has 0 heterocycles. The first-order valence-electron chi connectivity index (χ1n) is 3.49. The molecule has 0 atom stereocenters. The van der Waals surface area contributed by atoms with Crippen molar-refractivity contribution in [1.29, 1.82) is 0 Å². The Labute approximate surface area is 70.2 Å². The molecule has 0 amide bonds. The van der Waals surface area contributed by atoms with E-state index in [0.717, 1.165) is 0 Å². The number of nitro benzene ring substituents is 1. The van der Waals surface area contributed by atoms with Gasteiger partial charge in [0.25, 0.3) is 5.69 Å². The number of nitrogens with one attached hydrogen (secondary N) is 1. The zero-order valence-corrected chi connectivity index (χ0v) is 6.92. The van der Waals surface area contributed by atoms with Crippen LogP contribution in [0.2, 0.25) is 0 Å². The number of hydrogen-bond acceptors (Lipinski definition) is 2. The highest BCUT2D eigenvalue weighted by atomic mass is 16.6. The summed E-state index contributed by atoms with van der Waals surface area (Å²) < 4.78 is 0. The maximum absolute atomic E-state index is 10.4. The van der Waals surface area contributed by atoms with E-state index in [1.807, 2.05) is 0 Å². The summed E-state index contributed by atoms with van der Waals surface area (Å²) in [5.41, 5.74) is 9.17. The minimum Gasteiger partial charge on any atom is -0.300 e. The maximum atomic E-state index is 10.4. The summed E-state index contributed by atoms with van der Waals surface area (Å²) in [5, 5.41) is 10.4. The van der Waals surface area contributed by atoms with E-state index in [1.165, 1.54) is 12.1 Å². The van der Waals surface area contributed by atoms with Crippen LogP contribution < -0.4 is 5.73 Å². The van der Waals surface area contributed by atoms with Crippen molar-refractivity contribution in [3.8, 4) is 0 Å². The molecule has 0 fully saturated rings. The quantitative estimate of drug-likeness (QED) is 0.472. The summed E-state index contributed by atoms with van der Waals surface area (Å²) in [6, 6.07) is 2.82. The molecule has 0 aliphatic rings. The molecule has 0 aliphatic carbocycles. The Kier molecular flexibility index (Phi) is 1.99. The lowest BCUT2D eigenvalue weighted by atomic mass is 10.1. The fourth-order valence-electron chi connectivity index (χ4n) is 1.05. The third-order valence-corrected chi connectivity index (χ3v) is 1.73. The van der Waals surface area contributed by atoms with Gasteiger partial charge in [0.15, 0.2) is 0 Å². The molecule has 0 aliphatic heterocycles. The van der Waals surface area contributed by atoms with Gasteiger partial charge in [-0.15, -0.1) is 0 Å². The van der Waals surface area contributed by atoms with Crippen molar-refractivity contribution in [3.05, 3.63) is 33.4 Å². The molecule has 0 saturated carbocycles. The first-order valence-corrected chi connectivity index (χ1v) is 3.49. The van der Waals surface area contributed by atoms with E-state index in [-0.39, 0.29) is 5.69 Å². The van der Waals surface area contributed by atoms with Gasteiger partial charge < -0.3 is 5.73 Å². The molecule has 12 heavy (non-hydrogen) atoms. The smallest absolute Gasteiger partial charge is 0.270 e. The minimum absolute atomic E-state index is 0.0565. The number of aryl methyl sites for hydroxylation is 2. The molecule has 0 saturated heterocycles. The lowest BCUT2D eigenvalue weighted by Crippen LogP contribution is -1.91. The van der Waals surface area contributed by atoms with Gasteiger partial charge in [0.1, 0.15) is 0 Å². The molecule has 1 aromatic carbocycles. The van der Waals surface area contributed by atoms with Gasteiger partial charge >= 0.3 is 0 Å². The third-order valence-electron chi connectivity index (χ3n) is 1.73. The number of rotatable bonds is 1. The van der Waals surface area contributed by atoms with E-state index in [4.69, 9.17) is 5.73 Å². The molecule has 1 rings (SSSR count). The standard InChI is InChI=1S/C8H9N2O2/c1-5-3-7(10(11)12)4-6(2)8(5)9/h3-4,9H,1-2H3. The summed E-state index contributed by atoms with van der Waals surface area (Å²) in [5.74, 6) is 0. The average Bonchev–Trinajstić information content (AvgIpc) is 1.99. The Morgan fingerprint density at radius 1 is 1.33 bits per heavy atom. The molecular formula is C8H9N2O2. The Bertz CT molecular complexity index is 311. The highest BCUT2D eigenvalue weighted by Crippen LogP contribution is 2.24. The number of non-ortho nitro benzene ring substituents is 1. The molecule has 4 heteroatoms. The fraction of sp³-hybridized carbons (Fsp3) is 0.250. The van der Waals surface area contributed by atoms with Crippen molar-refractivity contribution in [1.82, 2.24) is 5.73 Å². The van der Waals surface area contributed by atoms with Crippen LogP contribution in [0.5, 0.6) is 0 Å². The zero-order chi connectivity index (χ0) is 9.30. The van der Waals surface area contributed by atoms with Crippen molar-refractivity contribution in [2.24, 2.45) is 0 Å². The summed E-state index contributed by atoms with van der Waals surface area (Å²) in [7, 11) is 0. The number of nitrogens with zero attached hydrogens (tertiary/aromatic N) is 1. The van der Waals surface area contributed by atoms with E-state index in [0.29, 0.717) is 16.8 Å². The molecule has 1 aromatic rings. The highest BCUT2D eigenvalue weighted by Gasteiger charge is 2.09. The largest absolute Gasteiger partial charge is 0.300 e. The second kappa shape index (κ2) is 2.81.